The van der Waals surface area contributed by atoms with Crippen LogP contribution in [0.15, 0.2) is 28.7 Å². The molecule has 1 N–H and O–H groups in total. The number of rotatable bonds is 4. The van der Waals surface area contributed by atoms with E-state index in [-0.39, 0.29) is 6.10 Å². The van der Waals surface area contributed by atoms with E-state index in [9.17, 15) is 5.11 Å². The highest BCUT2D eigenvalue weighted by atomic mass is 79.9. The molecular weight excluding hydrogens is 282 g/mol. The fourth-order valence-corrected chi connectivity index (χ4v) is 2.37. The second kappa shape index (κ2) is 6.38. The zero-order valence-corrected chi connectivity index (χ0v) is 11.4. The van der Waals surface area contributed by atoms with Gasteiger partial charge in [-0.1, -0.05) is 22.0 Å². The number of nitrogens with zero attached hydrogens (tertiary/aromatic N) is 1. The number of hydrogen-bond donors (Lipinski definition) is 1. The van der Waals surface area contributed by atoms with Crippen LogP contribution < -0.4 is 4.74 Å². The molecule has 0 spiro atoms. The Hall–Kier alpha value is -0.580. The summed E-state index contributed by atoms with van der Waals surface area (Å²) < 4.78 is 6.72. The minimum absolute atomic E-state index is 0.0998. The lowest BCUT2D eigenvalue weighted by Gasteiger charge is -2.29. The molecule has 0 radical (unpaired) electrons. The van der Waals surface area contributed by atoms with Crippen LogP contribution >= 0.6 is 15.9 Å². The quantitative estimate of drug-likeness (QED) is 0.926. The van der Waals surface area contributed by atoms with Gasteiger partial charge in [-0.05, 0) is 31.0 Å². The number of benzene rings is 1. The van der Waals surface area contributed by atoms with Crippen LogP contribution in [-0.2, 0) is 0 Å². The van der Waals surface area contributed by atoms with Gasteiger partial charge in [-0.2, -0.15) is 0 Å². The van der Waals surface area contributed by atoms with Crippen molar-refractivity contribution in [3.63, 3.8) is 0 Å². The van der Waals surface area contributed by atoms with E-state index in [4.69, 9.17) is 4.74 Å². The summed E-state index contributed by atoms with van der Waals surface area (Å²) in [6.07, 6.45) is 1.67. The third kappa shape index (κ3) is 4.30. The average Bonchev–Trinajstić information content (AvgIpc) is 2.32. The Labute approximate surface area is 111 Å². The maximum absolute atomic E-state index is 9.40. The molecule has 1 aliphatic heterocycles. The molecule has 0 aromatic heterocycles. The van der Waals surface area contributed by atoms with Crippen LogP contribution in [0.3, 0.4) is 0 Å². The van der Waals surface area contributed by atoms with Gasteiger partial charge in [0.1, 0.15) is 12.4 Å². The first kappa shape index (κ1) is 12.9. The largest absolute Gasteiger partial charge is 0.492 e. The summed E-state index contributed by atoms with van der Waals surface area (Å²) in [5, 5.41) is 9.40. The molecule has 1 fully saturated rings. The number of ether oxygens (including phenoxy) is 1. The molecule has 0 bridgehead atoms. The van der Waals surface area contributed by atoms with Gasteiger partial charge >= 0.3 is 0 Å². The highest BCUT2D eigenvalue weighted by Gasteiger charge is 2.16. The Kier molecular flexibility index (Phi) is 4.83. The molecule has 4 heteroatoms. The lowest BCUT2D eigenvalue weighted by molar-refractivity contribution is 0.0755. The lowest BCUT2D eigenvalue weighted by Crippen LogP contribution is -2.38. The Morgan fingerprint density at radius 3 is 2.82 bits per heavy atom. The van der Waals surface area contributed by atoms with Crippen LogP contribution in [0.2, 0.25) is 0 Å². The van der Waals surface area contributed by atoms with Crippen LogP contribution in [-0.4, -0.2) is 42.4 Å². The smallest absolute Gasteiger partial charge is 0.120 e. The fraction of sp³-hybridized carbons (Fsp3) is 0.538. The van der Waals surface area contributed by atoms with Crippen molar-refractivity contribution >= 4 is 15.9 Å². The van der Waals surface area contributed by atoms with Gasteiger partial charge in [-0.25, -0.2) is 0 Å². The minimum atomic E-state index is -0.0998. The molecule has 0 amide bonds. The number of halogens is 1. The molecular formula is C13H18BrNO2. The molecule has 1 aliphatic rings. The first-order valence-corrected chi connectivity index (χ1v) is 6.82. The van der Waals surface area contributed by atoms with E-state index < -0.39 is 0 Å². The highest BCUT2D eigenvalue weighted by Crippen LogP contribution is 2.17. The molecule has 0 aliphatic carbocycles. The van der Waals surface area contributed by atoms with Crippen molar-refractivity contribution in [1.29, 1.82) is 0 Å². The van der Waals surface area contributed by atoms with E-state index in [1.807, 2.05) is 24.3 Å². The van der Waals surface area contributed by atoms with Crippen LogP contribution in [0, 0.1) is 0 Å². The summed E-state index contributed by atoms with van der Waals surface area (Å²) in [6, 6.07) is 7.89. The maximum atomic E-state index is 9.40. The summed E-state index contributed by atoms with van der Waals surface area (Å²) >= 11 is 3.42. The van der Waals surface area contributed by atoms with Gasteiger partial charge < -0.3 is 9.84 Å². The van der Waals surface area contributed by atoms with E-state index in [1.165, 1.54) is 0 Å². The zero-order valence-electron chi connectivity index (χ0n) is 9.81. The third-order valence-electron chi connectivity index (χ3n) is 3.03. The van der Waals surface area contributed by atoms with Crippen LogP contribution in [0.1, 0.15) is 12.8 Å². The molecule has 0 saturated carbocycles. The SMILES string of the molecule is OC1CCN(CCOc2cccc(Br)c2)CC1. The van der Waals surface area contributed by atoms with Crippen molar-refractivity contribution in [3.05, 3.63) is 28.7 Å². The number of piperidine rings is 1. The van der Waals surface area contributed by atoms with Crippen LogP contribution in [0.25, 0.3) is 0 Å². The maximum Gasteiger partial charge on any atom is 0.120 e. The van der Waals surface area contributed by atoms with Gasteiger partial charge in [0, 0.05) is 24.1 Å². The Bertz CT molecular complexity index is 351. The van der Waals surface area contributed by atoms with E-state index in [2.05, 4.69) is 20.8 Å². The molecule has 1 aromatic rings. The molecule has 0 atom stereocenters. The average molecular weight is 300 g/mol. The van der Waals surface area contributed by atoms with Crippen LogP contribution in [0.5, 0.6) is 5.75 Å². The van der Waals surface area contributed by atoms with Crippen molar-refractivity contribution in [3.8, 4) is 5.75 Å². The Morgan fingerprint density at radius 1 is 1.35 bits per heavy atom. The number of aliphatic hydroxyl groups is 1. The molecule has 1 aromatic carbocycles. The molecule has 1 saturated heterocycles. The van der Waals surface area contributed by atoms with Crippen molar-refractivity contribution in [2.24, 2.45) is 0 Å². The Morgan fingerprint density at radius 2 is 2.12 bits per heavy atom. The Balaban J connectivity index is 1.69. The van der Waals surface area contributed by atoms with Crippen molar-refractivity contribution in [1.82, 2.24) is 4.90 Å². The first-order chi connectivity index (χ1) is 8.24. The minimum Gasteiger partial charge on any atom is -0.492 e. The van der Waals surface area contributed by atoms with E-state index >= 15 is 0 Å². The van der Waals surface area contributed by atoms with Gasteiger partial charge in [-0.3, -0.25) is 4.90 Å². The van der Waals surface area contributed by atoms with Crippen molar-refractivity contribution in [2.45, 2.75) is 18.9 Å². The molecule has 3 nitrogen and oxygen atoms in total. The lowest BCUT2D eigenvalue weighted by atomic mass is 10.1. The number of aliphatic hydroxyl groups excluding tert-OH is 1. The second-order valence-corrected chi connectivity index (χ2v) is 5.29. The van der Waals surface area contributed by atoms with E-state index in [0.717, 1.165) is 42.7 Å². The molecule has 1 heterocycles. The van der Waals surface area contributed by atoms with Crippen molar-refractivity contribution in [2.75, 3.05) is 26.2 Å². The fourth-order valence-electron chi connectivity index (χ4n) is 1.99. The van der Waals surface area contributed by atoms with E-state index in [0.29, 0.717) is 6.61 Å². The van der Waals surface area contributed by atoms with Gasteiger partial charge in [0.2, 0.25) is 0 Å². The van der Waals surface area contributed by atoms with Gasteiger partial charge in [0.15, 0.2) is 0 Å². The zero-order chi connectivity index (χ0) is 12.1. The van der Waals surface area contributed by atoms with E-state index in [1.54, 1.807) is 0 Å². The molecule has 94 valence electrons. The van der Waals surface area contributed by atoms with Gasteiger partial charge in [0.25, 0.3) is 0 Å². The van der Waals surface area contributed by atoms with Crippen molar-refractivity contribution < 1.29 is 9.84 Å². The number of likely N-dealkylation sites (tertiary alicyclic amines) is 1. The third-order valence-corrected chi connectivity index (χ3v) is 3.52. The second-order valence-electron chi connectivity index (χ2n) is 4.38. The normalized spacial score (nSPS) is 18.2. The number of hydrogen-bond acceptors (Lipinski definition) is 3. The topological polar surface area (TPSA) is 32.7 Å². The van der Waals surface area contributed by atoms with Gasteiger partial charge in [0.05, 0.1) is 6.10 Å². The first-order valence-electron chi connectivity index (χ1n) is 6.03. The summed E-state index contributed by atoms with van der Waals surface area (Å²) in [7, 11) is 0. The monoisotopic (exact) mass is 299 g/mol. The predicted octanol–water partition coefficient (Wildman–Crippen LogP) is 2.28. The van der Waals surface area contributed by atoms with Crippen LogP contribution in [0.4, 0.5) is 0 Å². The summed E-state index contributed by atoms with van der Waals surface area (Å²) in [5.74, 6) is 0.899. The predicted molar refractivity (Wildman–Crippen MR) is 71.3 cm³/mol. The summed E-state index contributed by atoms with van der Waals surface area (Å²) in [4.78, 5) is 2.34. The standard InChI is InChI=1S/C13H18BrNO2/c14-11-2-1-3-13(10-11)17-9-8-15-6-4-12(16)5-7-15/h1-3,10,12,16H,4-9H2. The summed E-state index contributed by atoms with van der Waals surface area (Å²) in [6.45, 7) is 3.58. The highest BCUT2D eigenvalue weighted by molar-refractivity contribution is 9.10. The summed E-state index contributed by atoms with van der Waals surface area (Å²) in [5.41, 5.74) is 0. The molecule has 17 heavy (non-hydrogen) atoms. The molecule has 2 rings (SSSR count). The molecule has 0 unspecified atom stereocenters. The van der Waals surface area contributed by atoms with Gasteiger partial charge in [-0.15, -0.1) is 0 Å².